The summed E-state index contributed by atoms with van der Waals surface area (Å²) in [4.78, 5) is 0. The predicted molar refractivity (Wildman–Crippen MR) is 13.4 cm³/mol. The predicted octanol–water partition coefficient (Wildman–Crippen LogP) is -1.71. The summed E-state index contributed by atoms with van der Waals surface area (Å²) >= 11 is -1.19. The minimum absolute atomic E-state index is 1.19. The number of nitriles is 2. The van der Waals surface area contributed by atoms with Gasteiger partial charge in [0, 0.05) is 0 Å². The molecule has 4 nitrogen and oxygen atoms in total. The zero-order valence-electron chi connectivity index (χ0n) is 3.13. The molecule has 5 heteroatoms. The normalized spacial score (nSPS) is 4.00. The molecule has 0 aromatic carbocycles. The molecule has 0 atom stereocenters. The van der Waals surface area contributed by atoms with E-state index in [2.05, 4.69) is 0 Å². The lowest BCUT2D eigenvalue weighted by atomic mass is 10.9. The van der Waals surface area contributed by atoms with E-state index in [0.717, 1.165) is 0 Å². The maximum absolute atomic E-state index is 8.52. The first-order chi connectivity index (χ1) is 3.33. The first-order valence-corrected chi connectivity index (χ1v) is 2.38. The van der Waals surface area contributed by atoms with Gasteiger partial charge in [0.1, 0.15) is 0 Å². The third-order valence-corrected chi connectivity index (χ3v) is 0.0500. The fourth-order valence-corrected chi connectivity index (χ4v) is 0. The number of rotatable bonds is 0. The van der Waals surface area contributed by atoms with E-state index in [-0.39, 0.29) is 0 Å². The lowest BCUT2D eigenvalue weighted by molar-refractivity contribution is -1.27. The number of hydrogen-bond acceptors (Lipinski definition) is 4. The lowest BCUT2D eigenvalue weighted by Gasteiger charge is -1.45. The van der Waals surface area contributed by atoms with Gasteiger partial charge in [-0.05, 0) is 0 Å². The first-order valence-electron chi connectivity index (χ1n) is 1.02. The number of nitrogens with zero attached hydrogens (tertiary/aromatic N) is 2. The largest absolute Gasteiger partial charge is 0.551 e. The zero-order chi connectivity index (χ0) is 6.12. The lowest BCUT2D eigenvalue weighted by Crippen LogP contribution is -1.94. The number of hydrogen-bond donors (Lipinski definition) is 1. The van der Waals surface area contributed by atoms with Crippen molar-refractivity contribution in [2.75, 3.05) is 0 Å². The molecule has 0 aliphatic rings. The van der Waals surface area contributed by atoms with Gasteiger partial charge in [-0.3, -0.25) is 0 Å². The van der Waals surface area contributed by atoms with E-state index in [1.165, 1.54) is 12.1 Å². The molecule has 0 bridgehead atoms. The van der Waals surface area contributed by atoms with Gasteiger partial charge in [-0.2, -0.15) is 14.7 Å². The highest BCUT2D eigenvalue weighted by Gasteiger charge is 1.51. The Labute approximate surface area is 47.4 Å². The molecular formula is C2HBrN2O2. The molecule has 0 spiro atoms. The summed E-state index contributed by atoms with van der Waals surface area (Å²) in [6.07, 6.45) is 0. The smallest absolute Gasteiger partial charge is 0.417 e. The second-order valence-electron chi connectivity index (χ2n) is 0.293. The van der Waals surface area contributed by atoms with Crippen molar-refractivity contribution in [3.8, 4) is 12.1 Å². The summed E-state index contributed by atoms with van der Waals surface area (Å²) in [5.74, 6) is 0. The van der Waals surface area contributed by atoms with Crippen LogP contribution in [0.4, 0.5) is 0 Å². The van der Waals surface area contributed by atoms with E-state index in [0.29, 0.717) is 0 Å². The van der Waals surface area contributed by atoms with Crippen LogP contribution < -0.4 is 4.20 Å². The van der Waals surface area contributed by atoms with Crippen molar-refractivity contribution < 1.29 is 23.9 Å². The van der Waals surface area contributed by atoms with E-state index in [1.807, 2.05) is 0 Å². The maximum atomic E-state index is 8.52. The van der Waals surface area contributed by atoms with Crippen LogP contribution >= 0.6 is 0 Å². The zero-order valence-corrected chi connectivity index (χ0v) is 4.71. The third-order valence-electron chi connectivity index (χ3n) is 0.0500. The Hall–Kier alpha value is -0.620. The van der Waals surface area contributed by atoms with Crippen molar-refractivity contribution in [1.29, 1.82) is 10.5 Å². The Morgan fingerprint density at radius 2 is 1.57 bits per heavy atom. The Morgan fingerprint density at radius 3 is 1.57 bits per heavy atom. The Kier molecular flexibility index (Phi) is 25.1. The van der Waals surface area contributed by atoms with Crippen molar-refractivity contribution in [3.05, 3.63) is 0 Å². The summed E-state index contributed by atoms with van der Waals surface area (Å²) < 4.78 is 15.6. The van der Waals surface area contributed by atoms with E-state index >= 15 is 0 Å². The van der Waals surface area contributed by atoms with E-state index in [1.54, 1.807) is 0 Å². The van der Waals surface area contributed by atoms with Crippen molar-refractivity contribution in [1.82, 2.24) is 0 Å². The molecule has 0 heterocycles. The fraction of sp³-hybridized carbons (Fsp3) is 0. The minimum Gasteiger partial charge on any atom is -0.551 e. The van der Waals surface area contributed by atoms with Crippen molar-refractivity contribution >= 4 is 0 Å². The molecular weight excluding hydrogens is 164 g/mol. The molecule has 0 rings (SSSR count). The van der Waals surface area contributed by atoms with Crippen LogP contribution in [-0.2, 0) is 0 Å². The summed E-state index contributed by atoms with van der Waals surface area (Å²) in [5.41, 5.74) is 0. The molecule has 0 fully saturated rings. The van der Waals surface area contributed by atoms with Crippen LogP contribution in [0.15, 0.2) is 0 Å². The summed E-state index contributed by atoms with van der Waals surface area (Å²) in [6, 6.07) is 2.47. The third kappa shape index (κ3) is 426. The van der Waals surface area contributed by atoms with Crippen LogP contribution in [-0.4, -0.2) is 4.20 Å². The van der Waals surface area contributed by atoms with Crippen LogP contribution in [0.3, 0.4) is 0 Å². The van der Waals surface area contributed by atoms with Gasteiger partial charge >= 0.3 is 15.5 Å². The highest BCUT2D eigenvalue weighted by molar-refractivity contribution is 4.99. The molecule has 0 saturated heterocycles. The van der Waals surface area contributed by atoms with Gasteiger partial charge in [-0.15, -0.1) is 0 Å². The van der Waals surface area contributed by atoms with Gasteiger partial charge in [-0.25, -0.2) is 0 Å². The van der Waals surface area contributed by atoms with Crippen LogP contribution in [0.2, 0.25) is 0 Å². The average molecular weight is 165 g/mol. The molecule has 0 radical (unpaired) electrons. The van der Waals surface area contributed by atoms with Gasteiger partial charge in [0.05, 0.1) is 0 Å². The highest BCUT2D eigenvalue weighted by Crippen LogP contribution is 1.27. The quantitative estimate of drug-likeness (QED) is 0.462. The molecule has 38 valence electrons. The Morgan fingerprint density at radius 1 is 1.43 bits per heavy atom. The highest BCUT2D eigenvalue weighted by atomic mass is 79.9. The van der Waals surface area contributed by atoms with Crippen molar-refractivity contribution in [2.45, 2.75) is 0 Å². The second-order valence-corrected chi connectivity index (χ2v) is 0.582. The van der Waals surface area contributed by atoms with Crippen LogP contribution in [0, 0.1) is 38.2 Å². The summed E-state index contributed by atoms with van der Waals surface area (Å²) in [7, 11) is 0. The molecule has 0 aromatic rings. The summed E-state index contributed by atoms with van der Waals surface area (Å²) in [6.45, 7) is 0. The average Bonchev–Trinajstić information content (AvgIpc) is 1.69. The molecule has 0 aromatic heterocycles. The van der Waals surface area contributed by atoms with Crippen LogP contribution in [0.1, 0.15) is 0 Å². The minimum atomic E-state index is -1.19. The van der Waals surface area contributed by atoms with Crippen LogP contribution in [0.25, 0.3) is 0 Å². The summed E-state index contributed by atoms with van der Waals surface area (Å²) in [5, 5.41) is 14.5. The maximum Gasteiger partial charge on any atom is 0.417 e. The Bertz CT molecular complexity index is 78.8. The van der Waals surface area contributed by atoms with Gasteiger partial charge in [0.15, 0.2) is 12.1 Å². The number of halogens is 1. The monoisotopic (exact) mass is 164 g/mol. The Balaban J connectivity index is 0. The molecule has 0 aliphatic heterocycles. The SMILES string of the molecule is N#CC#N.[O-][Br+]O. The van der Waals surface area contributed by atoms with Crippen molar-refractivity contribution in [2.24, 2.45) is 0 Å². The molecule has 7 heavy (non-hydrogen) atoms. The van der Waals surface area contributed by atoms with Gasteiger partial charge in [0.2, 0.25) is 0 Å². The fourth-order valence-electron chi connectivity index (χ4n) is 0. The van der Waals surface area contributed by atoms with Crippen molar-refractivity contribution in [3.63, 3.8) is 0 Å². The van der Waals surface area contributed by atoms with Crippen LogP contribution in [0.5, 0.6) is 0 Å². The first kappa shape index (κ1) is 9.63. The van der Waals surface area contributed by atoms with Gasteiger partial charge in [-0.1, -0.05) is 0 Å². The van der Waals surface area contributed by atoms with Gasteiger partial charge in [0.25, 0.3) is 0 Å². The molecule has 0 amide bonds. The molecule has 0 aliphatic carbocycles. The second kappa shape index (κ2) is 18.2. The topological polar surface area (TPSA) is 90.9 Å². The van der Waals surface area contributed by atoms with E-state index in [9.17, 15) is 0 Å². The standard InChI is InChI=1S/C2N2.BrHO2/c3-1-2-4;2-1-3/h;2H. The molecule has 0 saturated carbocycles. The van der Waals surface area contributed by atoms with E-state index < -0.39 is 15.5 Å². The van der Waals surface area contributed by atoms with E-state index in [4.69, 9.17) is 18.9 Å². The molecule has 1 N–H and O–H groups in total. The molecule has 0 unspecified atom stereocenters. The van der Waals surface area contributed by atoms with Gasteiger partial charge < -0.3 is 4.20 Å².